The van der Waals surface area contributed by atoms with Crippen molar-refractivity contribution in [1.82, 2.24) is 5.32 Å². The first kappa shape index (κ1) is 15.6. The number of carbonyl (C=O) groups excluding carboxylic acids is 1. The minimum Gasteiger partial charge on any atom is -0.496 e. The van der Waals surface area contributed by atoms with Crippen LogP contribution in [0.5, 0.6) is 5.75 Å². The second-order valence-electron chi connectivity index (χ2n) is 6.02. The number of amides is 1. The van der Waals surface area contributed by atoms with Gasteiger partial charge in [0.25, 0.3) is 0 Å². The van der Waals surface area contributed by atoms with E-state index in [1.54, 1.807) is 7.11 Å². The molecule has 2 unspecified atom stereocenters. The largest absolute Gasteiger partial charge is 0.496 e. The van der Waals surface area contributed by atoms with Gasteiger partial charge in [-0.25, -0.2) is 0 Å². The minimum atomic E-state index is -0.648. The Kier molecular flexibility index (Phi) is 4.35. The Morgan fingerprint density at radius 1 is 1.26 bits per heavy atom. The van der Waals surface area contributed by atoms with Gasteiger partial charge in [-0.15, -0.1) is 0 Å². The normalized spacial score (nSPS) is 17.4. The first-order valence-electron chi connectivity index (χ1n) is 7.88. The summed E-state index contributed by atoms with van der Waals surface area (Å²) in [5.41, 5.74) is 10.4. The van der Waals surface area contributed by atoms with Gasteiger partial charge in [-0.3, -0.25) is 4.79 Å². The second kappa shape index (κ2) is 6.42. The lowest BCUT2D eigenvalue weighted by molar-refractivity contribution is -0.123. The third-order valence-electron chi connectivity index (χ3n) is 4.48. The number of rotatable bonds is 4. The Hall–Kier alpha value is -2.33. The van der Waals surface area contributed by atoms with Crippen LogP contribution in [0, 0.1) is 6.92 Å². The van der Waals surface area contributed by atoms with Crippen LogP contribution in [0.4, 0.5) is 0 Å². The van der Waals surface area contributed by atoms with Gasteiger partial charge in [0.15, 0.2) is 0 Å². The number of methoxy groups -OCH3 is 1. The summed E-state index contributed by atoms with van der Waals surface area (Å²) >= 11 is 0. The number of nitrogens with one attached hydrogen (secondary N) is 1. The van der Waals surface area contributed by atoms with Gasteiger partial charge in [0, 0.05) is 0 Å². The fourth-order valence-electron chi connectivity index (χ4n) is 3.15. The highest BCUT2D eigenvalue weighted by Crippen LogP contribution is 2.36. The molecule has 23 heavy (non-hydrogen) atoms. The van der Waals surface area contributed by atoms with Gasteiger partial charge in [0.05, 0.1) is 13.2 Å². The van der Waals surface area contributed by atoms with Crippen LogP contribution >= 0.6 is 0 Å². The van der Waals surface area contributed by atoms with Crippen LogP contribution in [-0.2, 0) is 11.2 Å². The maximum atomic E-state index is 12.5. The molecule has 0 spiro atoms. The molecule has 0 saturated heterocycles. The first-order chi connectivity index (χ1) is 11.1. The maximum absolute atomic E-state index is 12.5. The van der Waals surface area contributed by atoms with E-state index >= 15 is 0 Å². The summed E-state index contributed by atoms with van der Waals surface area (Å²) in [4.78, 5) is 12.5. The highest BCUT2D eigenvalue weighted by molar-refractivity contribution is 5.83. The van der Waals surface area contributed by atoms with E-state index in [2.05, 4.69) is 5.32 Å². The molecule has 1 aliphatic carbocycles. The highest BCUT2D eigenvalue weighted by atomic mass is 16.5. The van der Waals surface area contributed by atoms with Crippen LogP contribution < -0.4 is 15.8 Å². The van der Waals surface area contributed by atoms with Gasteiger partial charge in [0.2, 0.25) is 5.91 Å². The smallest absolute Gasteiger partial charge is 0.241 e. The van der Waals surface area contributed by atoms with Crippen LogP contribution in [0.15, 0.2) is 42.5 Å². The summed E-state index contributed by atoms with van der Waals surface area (Å²) in [5.74, 6) is 0.747. The van der Waals surface area contributed by atoms with E-state index in [0.29, 0.717) is 0 Å². The van der Waals surface area contributed by atoms with Crippen molar-refractivity contribution in [2.45, 2.75) is 31.8 Å². The molecule has 4 nitrogen and oxygen atoms in total. The third-order valence-corrected chi connectivity index (χ3v) is 4.48. The Morgan fingerprint density at radius 3 is 2.70 bits per heavy atom. The molecular weight excluding hydrogens is 288 g/mol. The molecule has 0 fully saturated rings. The van der Waals surface area contributed by atoms with Gasteiger partial charge in [-0.05, 0) is 42.5 Å². The Labute approximate surface area is 136 Å². The molecule has 2 aromatic rings. The first-order valence-corrected chi connectivity index (χ1v) is 7.88. The van der Waals surface area contributed by atoms with Crippen LogP contribution in [0.2, 0.25) is 0 Å². The number of nitrogens with two attached hydrogens (primary N) is 1. The average molecular weight is 310 g/mol. The highest BCUT2D eigenvalue weighted by Gasteiger charge is 2.28. The molecule has 2 aromatic carbocycles. The van der Waals surface area contributed by atoms with E-state index in [1.807, 2.05) is 49.4 Å². The molecule has 0 aliphatic heterocycles. The fourth-order valence-corrected chi connectivity index (χ4v) is 3.15. The van der Waals surface area contributed by atoms with Gasteiger partial charge in [-0.2, -0.15) is 0 Å². The van der Waals surface area contributed by atoms with Crippen LogP contribution in [0.25, 0.3) is 0 Å². The van der Waals surface area contributed by atoms with Crippen molar-refractivity contribution >= 4 is 5.91 Å². The van der Waals surface area contributed by atoms with Crippen LogP contribution in [0.1, 0.15) is 40.8 Å². The lowest BCUT2D eigenvalue weighted by Gasteiger charge is -2.18. The number of carbonyl (C=O) groups is 1. The molecule has 4 heteroatoms. The number of hydrogen-bond donors (Lipinski definition) is 2. The van der Waals surface area contributed by atoms with E-state index in [0.717, 1.165) is 35.3 Å². The number of ether oxygens (including phenoxy) is 1. The van der Waals surface area contributed by atoms with E-state index in [1.165, 1.54) is 5.56 Å². The van der Waals surface area contributed by atoms with Crippen molar-refractivity contribution in [2.75, 3.05) is 7.11 Å². The molecule has 1 aliphatic rings. The van der Waals surface area contributed by atoms with Crippen LogP contribution in [0.3, 0.4) is 0 Å². The maximum Gasteiger partial charge on any atom is 0.241 e. The summed E-state index contributed by atoms with van der Waals surface area (Å²) in [6.07, 6.45) is 1.78. The minimum absolute atomic E-state index is 0.00379. The lowest BCUT2D eigenvalue weighted by atomic mass is 10.0. The summed E-state index contributed by atoms with van der Waals surface area (Å²) in [5, 5.41) is 3.08. The zero-order chi connectivity index (χ0) is 16.4. The molecule has 1 amide bonds. The van der Waals surface area contributed by atoms with Crippen molar-refractivity contribution in [3.05, 3.63) is 64.7 Å². The molecule has 3 N–H and O–H groups in total. The predicted octanol–water partition coefficient (Wildman–Crippen LogP) is 2.81. The quantitative estimate of drug-likeness (QED) is 0.912. The number of hydrogen-bond acceptors (Lipinski definition) is 3. The number of benzene rings is 2. The summed E-state index contributed by atoms with van der Waals surface area (Å²) < 4.78 is 5.40. The van der Waals surface area contributed by atoms with Crippen molar-refractivity contribution < 1.29 is 9.53 Å². The second-order valence-corrected chi connectivity index (χ2v) is 6.02. The van der Waals surface area contributed by atoms with Gasteiger partial charge in [0.1, 0.15) is 11.8 Å². The summed E-state index contributed by atoms with van der Waals surface area (Å²) in [6, 6.07) is 13.1. The topological polar surface area (TPSA) is 64.3 Å². The SMILES string of the molecule is COc1cccc2c1CCC2NC(=O)C(N)c1ccc(C)cc1. The number of fused-ring (bicyclic) bond motifs is 1. The Morgan fingerprint density at radius 2 is 2.00 bits per heavy atom. The van der Waals surface area contributed by atoms with E-state index in [9.17, 15) is 4.79 Å². The Balaban J connectivity index is 1.74. The summed E-state index contributed by atoms with van der Waals surface area (Å²) in [6.45, 7) is 2.01. The molecule has 120 valence electrons. The van der Waals surface area contributed by atoms with Gasteiger partial charge < -0.3 is 15.8 Å². The van der Waals surface area contributed by atoms with E-state index in [-0.39, 0.29) is 11.9 Å². The monoisotopic (exact) mass is 310 g/mol. The van der Waals surface area contributed by atoms with E-state index in [4.69, 9.17) is 10.5 Å². The van der Waals surface area contributed by atoms with Gasteiger partial charge >= 0.3 is 0 Å². The molecule has 3 rings (SSSR count). The van der Waals surface area contributed by atoms with Crippen molar-refractivity contribution in [1.29, 1.82) is 0 Å². The predicted molar refractivity (Wildman–Crippen MR) is 90.3 cm³/mol. The Bertz CT molecular complexity index is 710. The molecule has 2 atom stereocenters. The fraction of sp³-hybridized carbons (Fsp3) is 0.316. The standard InChI is InChI=1S/C19H22N2O2/c1-12-6-8-13(9-7-12)18(20)19(22)21-16-11-10-15-14(16)4-3-5-17(15)23-2/h3-9,16,18H,10-11,20H2,1-2H3,(H,21,22). The lowest BCUT2D eigenvalue weighted by Crippen LogP contribution is -2.36. The van der Waals surface area contributed by atoms with E-state index < -0.39 is 6.04 Å². The molecule has 0 heterocycles. The van der Waals surface area contributed by atoms with Crippen molar-refractivity contribution in [2.24, 2.45) is 5.73 Å². The zero-order valence-electron chi connectivity index (χ0n) is 13.5. The third kappa shape index (κ3) is 3.08. The molecule has 0 bridgehead atoms. The van der Waals surface area contributed by atoms with Gasteiger partial charge in [-0.1, -0.05) is 42.0 Å². The van der Waals surface area contributed by atoms with Crippen LogP contribution in [-0.4, -0.2) is 13.0 Å². The number of aryl methyl sites for hydroxylation is 1. The molecular formula is C19H22N2O2. The van der Waals surface area contributed by atoms with Crippen molar-refractivity contribution in [3.8, 4) is 5.75 Å². The summed E-state index contributed by atoms with van der Waals surface area (Å²) in [7, 11) is 1.68. The zero-order valence-corrected chi connectivity index (χ0v) is 13.5. The average Bonchev–Trinajstić information content (AvgIpc) is 2.98. The molecule has 0 aromatic heterocycles. The molecule has 0 saturated carbocycles. The van der Waals surface area contributed by atoms with Crippen molar-refractivity contribution in [3.63, 3.8) is 0 Å². The molecule has 0 radical (unpaired) electrons.